The number of anilines is 1. The highest BCUT2D eigenvalue weighted by Crippen LogP contribution is 2.27. The molecule has 156 valence electrons. The number of benzene rings is 1. The molecule has 1 aromatic heterocycles. The fourth-order valence-corrected chi connectivity index (χ4v) is 3.94. The highest BCUT2D eigenvalue weighted by molar-refractivity contribution is 5.77. The van der Waals surface area contributed by atoms with Crippen LogP contribution in [-0.2, 0) is 22.4 Å². The summed E-state index contributed by atoms with van der Waals surface area (Å²) < 4.78 is 5.00. The van der Waals surface area contributed by atoms with Crippen molar-refractivity contribution in [3.05, 3.63) is 52.0 Å². The summed E-state index contributed by atoms with van der Waals surface area (Å²) in [7, 11) is 1.56. The molecule has 0 N–H and O–H groups in total. The van der Waals surface area contributed by atoms with Crippen LogP contribution in [0.25, 0.3) is 0 Å². The zero-order chi connectivity index (χ0) is 21.0. The van der Waals surface area contributed by atoms with Crippen molar-refractivity contribution >= 4 is 11.7 Å². The predicted octanol–water partition coefficient (Wildman–Crippen LogP) is 2.85. The van der Waals surface area contributed by atoms with E-state index < -0.39 is 0 Å². The average molecular weight is 397 g/mol. The van der Waals surface area contributed by atoms with Crippen LogP contribution in [0.15, 0.2) is 18.2 Å². The Morgan fingerprint density at radius 2 is 1.83 bits per heavy atom. The molecule has 1 fully saturated rings. The number of methoxy groups -OCH3 is 1. The Bertz CT molecular complexity index is 873. The standard InChI is InChI=1S/C23H32N4O2/c1-6-21-20(14-19-13-16(2)7-8-17(19)3)23(25-18(4)24-21)27-11-9-26(10-12-27)22(28)15-29-5/h7-8,13H,6,9-12,14-15H2,1-5H3. The van der Waals surface area contributed by atoms with E-state index in [2.05, 4.69) is 43.9 Å². The summed E-state index contributed by atoms with van der Waals surface area (Å²) in [4.78, 5) is 25.9. The molecule has 1 aliphatic rings. The third kappa shape index (κ3) is 4.93. The van der Waals surface area contributed by atoms with Gasteiger partial charge in [-0.15, -0.1) is 0 Å². The van der Waals surface area contributed by atoms with Crippen LogP contribution in [0.3, 0.4) is 0 Å². The van der Waals surface area contributed by atoms with Gasteiger partial charge in [-0.05, 0) is 38.3 Å². The Morgan fingerprint density at radius 1 is 1.10 bits per heavy atom. The van der Waals surface area contributed by atoms with Crippen LogP contribution >= 0.6 is 0 Å². The molecule has 0 unspecified atom stereocenters. The van der Waals surface area contributed by atoms with Crippen LogP contribution in [0.2, 0.25) is 0 Å². The van der Waals surface area contributed by atoms with E-state index in [4.69, 9.17) is 14.7 Å². The van der Waals surface area contributed by atoms with E-state index >= 15 is 0 Å². The zero-order valence-corrected chi connectivity index (χ0v) is 18.3. The van der Waals surface area contributed by atoms with Gasteiger partial charge in [0.25, 0.3) is 0 Å². The molecule has 0 spiro atoms. The van der Waals surface area contributed by atoms with Crippen LogP contribution in [0.4, 0.5) is 5.82 Å². The molecule has 29 heavy (non-hydrogen) atoms. The minimum atomic E-state index is 0.0517. The number of ether oxygens (including phenoxy) is 1. The molecule has 1 aliphatic heterocycles. The molecule has 2 aromatic rings. The second kappa shape index (κ2) is 9.35. The highest BCUT2D eigenvalue weighted by Gasteiger charge is 2.25. The summed E-state index contributed by atoms with van der Waals surface area (Å²) in [5.74, 6) is 1.88. The maximum Gasteiger partial charge on any atom is 0.248 e. The molecule has 0 aliphatic carbocycles. The average Bonchev–Trinajstić information content (AvgIpc) is 2.71. The van der Waals surface area contributed by atoms with Crippen LogP contribution in [0.5, 0.6) is 0 Å². The van der Waals surface area contributed by atoms with Gasteiger partial charge in [0.2, 0.25) is 5.91 Å². The van der Waals surface area contributed by atoms with Gasteiger partial charge in [0, 0.05) is 51.0 Å². The first-order valence-electron chi connectivity index (χ1n) is 10.4. The minimum absolute atomic E-state index is 0.0517. The van der Waals surface area contributed by atoms with Gasteiger partial charge in [0.15, 0.2) is 0 Å². The van der Waals surface area contributed by atoms with Crippen LogP contribution in [-0.4, -0.2) is 60.7 Å². The van der Waals surface area contributed by atoms with E-state index in [0.717, 1.165) is 43.3 Å². The predicted molar refractivity (Wildman–Crippen MR) is 116 cm³/mol. The summed E-state index contributed by atoms with van der Waals surface area (Å²) in [6.07, 6.45) is 1.71. The number of hydrogen-bond acceptors (Lipinski definition) is 5. The van der Waals surface area contributed by atoms with E-state index in [9.17, 15) is 4.79 Å². The van der Waals surface area contributed by atoms with Crippen molar-refractivity contribution in [1.82, 2.24) is 14.9 Å². The lowest BCUT2D eigenvalue weighted by Crippen LogP contribution is -2.50. The van der Waals surface area contributed by atoms with Crippen LogP contribution in [0.1, 0.15) is 40.7 Å². The summed E-state index contributed by atoms with van der Waals surface area (Å²) in [6.45, 7) is 11.5. The van der Waals surface area contributed by atoms with Gasteiger partial charge in [0.1, 0.15) is 18.2 Å². The van der Waals surface area contributed by atoms with Crippen molar-refractivity contribution in [2.45, 2.75) is 40.5 Å². The van der Waals surface area contributed by atoms with Gasteiger partial charge in [0.05, 0.1) is 0 Å². The molecule has 0 atom stereocenters. The lowest BCUT2D eigenvalue weighted by atomic mass is 9.96. The van der Waals surface area contributed by atoms with E-state index in [0.29, 0.717) is 13.1 Å². The quantitative estimate of drug-likeness (QED) is 0.751. The first kappa shape index (κ1) is 21.2. The lowest BCUT2D eigenvalue weighted by molar-refractivity contribution is -0.135. The van der Waals surface area contributed by atoms with Gasteiger partial charge in [-0.1, -0.05) is 30.7 Å². The van der Waals surface area contributed by atoms with Gasteiger partial charge < -0.3 is 14.5 Å². The molecule has 3 rings (SSSR count). The smallest absolute Gasteiger partial charge is 0.248 e. The molecule has 2 heterocycles. The Hall–Kier alpha value is -2.47. The van der Waals surface area contributed by atoms with Crippen molar-refractivity contribution in [2.75, 3.05) is 44.8 Å². The summed E-state index contributed by atoms with van der Waals surface area (Å²) in [6, 6.07) is 6.60. The fraction of sp³-hybridized carbons (Fsp3) is 0.522. The van der Waals surface area contributed by atoms with Crippen molar-refractivity contribution in [1.29, 1.82) is 0 Å². The van der Waals surface area contributed by atoms with Crippen molar-refractivity contribution < 1.29 is 9.53 Å². The molecular weight excluding hydrogens is 364 g/mol. The highest BCUT2D eigenvalue weighted by atomic mass is 16.5. The van der Waals surface area contributed by atoms with Crippen LogP contribution in [0, 0.1) is 20.8 Å². The number of piperazine rings is 1. The maximum atomic E-state index is 12.1. The number of nitrogens with zero attached hydrogens (tertiary/aromatic N) is 4. The molecule has 1 amide bonds. The second-order valence-corrected chi connectivity index (χ2v) is 7.78. The Labute approximate surface area is 173 Å². The third-order valence-corrected chi connectivity index (χ3v) is 5.59. The first-order valence-corrected chi connectivity index (χ1v) is 10.4. The molecule has 6 heteroatoms. The number of aryl methyl sites for hydroxylation is 4. The number of aromatic nitrogens is 2. The third-order valence-electron chi connectivity index (χ3n) is 5.59. The van der Waals surface area contributed by atoms with Gasteiger partial charge in [-0.3, -0.25) is 4.79 Å². The van der Waals surface area contributed by atoms with E-state index in [1.807, 2.05) is 11.8 Å². The summed E-state index contributed by atoms with van der Waals surface area (Å²) in [5, 5.41) is 0. The Balaban J connectivity index is 1.90. The maximum absolute atomic E-state index is 12.1. The SMILES string of the molecule is CCc1nc(C)nc(N2CCN(C(=O)COC)CC2)c1Cc1cc(C)ccc1C. The van der Waals surface area contributed by atoms with Crippen LogP contribution < -0.4 is 4.90 Å². The normalized spacial score (nSPS) is 14.4. The van der Waals surface area contributed by atoms with Crippen molar-refractivity contribution in [3.63, 3.8) is 0 Å². The Morgan fingerprint density at radius 3 is 2.48 bits per heavy atom. The molecule has 1 aromatic carbocycles. The molecule has 0 radical (unpaired) electrons. The molecular formula is C23H32N4O2. The molecule has 0 saturated carbocycles. The van der Waals surface area contributed by atoms with Gasteiger partial charge in [-0.25, -0.2) is 9.97 Å². The first-order chi connectivity index (χ1) is 13.9. The lowest BCUT2D eigenvalue weighted by Gasteiger charge is -2.36. The van der Waals surface area contributed by atoms with E-state index in [1.54, 1.807) is 7.11 Å². The topological polar surface area (TPSA) is 58.6 Å². The van der Waals surface area contributed by atoms with Gasteiger partial charge >= 0.3 is 0 Å². The number of carbonyl (C=O) groups is 1. The minimum Gasteiger partial charge on any atom is -0.375 e. The number of carbonyl (C=O) groups excluding carboxylic acids is 1. The molecule has 0 bridgehead atoms. The van der Waals surface area contributed by atoms with E-state index in [1.165, 1.54) is 22.3 Å². The van der Waals surface area contributed by atoms with Gasteiger partial charge in [-0.2, -0.15) is 0 Å². The monoisotopic (exact) mass is 396 g/mol. The molecule has 1 saturated heterocycles. The van der Waals surface area contributed by atoms with E-state index in [-0.39, 0.29) is 12.5 Å². The summed E-state index contributed by atoms with van der Waals surface area (Å²) >= 11 is 0. The summed E-state index contributed by atoms with van der Waals surface area (Å²) in [5.41, 5.74) is 6.21. The number of hydrogen-bond donors (Lipinski definition) is 0. The van der Waals surface area contributed by atoms with Crippen molar-refractivity contribution in [2.24, 2.45) is 0 Å². The second-order valence-electron chi connectivity index (χ2n) is 7.78. The number of amides is 1. The van der Waals surface area contributed by atoms with Crippen molar-refractivity contribution in [3.8, 4) is 0 Å². The number of rotatable bonds is 6. The molecule has 6 nitrogen and oxygen atoms in total. The largest absolute Gasteiger partial charge is 0.375 e. The fourth-order valence-electron chi connectivity index (χ4n) is 3.94. The zero-order valence-electron chi connectivity index (χ0n) is 18.3. The Kier molecular flexibility index (Phi) is 6.85.